The van der Waals surface area contributed by atoms with E-state index in [-0.39, 0.29) is 0 Å². The van der Waals surface area contributed by atoms with Crippen molar-refractivity contribution in [2.45, 2.75) is 78.1 Å². The Bertz CT molecular complexity index is 2070. The summed E-state index contributed by atoms with van der Waals surface area (Å²) in [7, 11) is 0. The lowest BCUT2D eigenvalue weighted by atomic mass is 9.90. The summed E-state index contributed by atoms with van der Waals surface area (Å²) in [5.41, 5.74) is 10.9. The molecule has 16 heteroatoms. The van der Waals surface area contributed by atoms with Gasteiger partial charge in [-0.2, -0.15) is 4.68 Å². The average molecular weight is 826 g/mol. The quantitative estimate of drug-likeness (QED) is 0.120. The van der Waals surface area contributed by atoms with Crippen LogP contribution in [0.1, 0.15) is 74.6 Å². The Morgan fingerprint density at radius 2 is 1.29 bits per heavy atom. The van der Waals surface area contributed by atoms with Crippen LogP contribution in [-0.4, -0.2) is 82.8 Å². The third kappa shape index (κ3) is 10.3. The van der Waals surface area contributed by atoms with E-state index in [4.69, 9.17) is 28.9 Å². The van der Waals surface area contributed by atoms with E-state index in [1.807, 2.05) is 12.1 Å². The number of nitrogens with one attached hydrogen (secondary N) is 1. The second-order valence-corrected chi connectivity index (χ2v) is 17.5. The monoisotopic (exact) mass is 824 g/mol. The van der Waals surface area contributed by atoms with Gasteiger partial charge in [0.2, 0.25) is 11.9 Å². The highest BCUT2D eigenvalue weighted by Gasteiger charge is 2.44. The molecule has 4 aliphatic rings. The van der Waals surface area contributed by atoms with Crippen LogP contribution in [0.15, 0.2) is 55.6 Å². The molecule has 9 rings (SSSR count). The Morgan fingerprint density at radius 3 is 1.83 bits per heavy atom. The molecule has 5 aromatic rings. The lowest BCUT2D eigenvalue weighted by Gasteiger charge is -2.32. The molecule has 0 bridgehead atoms. The van der Waals surface area contributed by atoms with Crippen LogP contribution in [-0.2, 0) is 6.42 Å². The number of anilines is 4. The molecule has 7 heterocycles. The van der Waals surface area contributed by atoms with Gasteiger partial charge in [-0.3, -0.25) is 4.98 Å². The molecule has 4 fully saturated rings. The number of pyridine rings is 2. The van der Waals surface area contributed by atoms with Crippen LogP contribution in [0.2, 0.25) is 10.0 Å². The summed E-state index contributed by atoms with van der Waals surface area (Å²) in [4.78, 5) is 31.0. The predicted octanol–water partition coefficient (Wildman–Crippen LogP) is 7.45. The van der Waals surface area contributed by atoms with Crippen molar-refractivity contribution in [3.63, 3.8) is 0 Å². The number of nitrogens with zero attached hydrogens (tertiary/aromatic N) is 12. The minimum Gasteiger partial charge on any atom is -0.397 e. The molecule has 4 atom stereocenters. The van der Waals surface area contributed by atoms with E-state index in [0.29, 0.717) is 10.0 Å². The summed E-state index contributed by atoms with van der Waals surface area (Å²) in [6, 6.07) is 4.07. The molecule has 5 aromatic heterocycles. The third-order valence-electron chi connectivity index (χ3n) is 12.7. The largest absolute Gasteiger partial charge is 0.397 e. The molecule has 0 radical (unpaired) electrons. The molecule has 0 spiro atoms. The number of rotatable bonds is 13. The maximum absolute atomic E-state index is 5.90. The van der Waals surface area contributed by atoms with Crippen LogP contribution in [0.4, 0.5) is 23.4 Å². The summed E-state index contributed by atoms with van der Waals surface area (Å²) < 4.78 is 1.61. The number of nitrogen functional groups attached to an aromatic ring is 1. The first-order chi connectivity index (χ1) is 28.3. The lowest BCUT2D eigenvalue weighted by Crippen LogP contribution is -2.35. The molecular formula is C42H54Cl2N14. The van der Waals surface area contributed by atoms with Crippen molar-refractivity contribution < 1.29 is 0 Å². The number of tetrazole rings is 1. The number of aromatic nitrogens is 10. The third-order valence-corrected chi connectivity index (χ3v) is 13.1. The predicted molar refractivity (Wildman–Crippen MR) is 228 cm³/mol. The van der Waals surface area contributed by atoms with Crippen LogP contribution in [0.3, 0.4) is 0 Å². The second-order valence-electron chi connectivity index (χ2n) is 16.6. The van der Waals surface area contributed by atoms with Crippen molar-refractivity contribution in [1.29, 1.82) is 0 Å². The fourth-order valence-corrected chi connectivity index (χ4v) is 9.49. The number of aryl methyl sites for hydroxylation is 3. The average Bonchev–Trinajstić information content (AvgIpc) is 4.14. The van der Waals surface area contributed by atoms with Crippen LogP contribution >= 0.6 is 23.2 Å². The van der Waals surface area contributed by atoms with Gasteiger partial charge in [0.05, 0.1) is 58.6 Å². The van der Waals surface area contributed by atoms with Crippen molar-refractivity contribution in [3.8, 4) is 5.69 Å². The maximum Gasteiger partial charge on any atom is 0.225 e. The molecule has 14 nitrogen and oxygen atoms in total. The molecule has 2 saturated heterocycles. The van der Waals surface area contributed by atoms with Crippen molar-refractivity contribution in [2.24, 2.45) is 35.5 Å². The van der Waals surface area contributed by atoms with Crippen molar-refractivity contribution in [2.75, 3.05) is 53.6 Å². The SMILES string of the molecule is Cc1cc(-n2cnnn2)cnc1NCC[C@@H]1C[C@@H]1C1CCN(c2ncc(Cl)cn2)CC1.Cc1cc(N)cnc1CCC[C@@H]1C[C@@H]1C1CCN(c2ncc(Cl)cn2)CC1. The zero-order valence-corrected chi connectivity index (χ0v) is 35.0. The lowest BCUT2D eigenvalue weighted by molar-refractivity contribution is 0.340. The zero-order chi connectivity index (χ0) is 40.0. The molecule has 3 N–H and O–H groups in total. The first-order valence-corrected chi connectivity index (χ1v) is 21.6. The fraction of sp³-hybridized carbons (Fsp3) is 0.548. The highest BCUT2D eigenvalue weighted by Crippen LogP contribution is 2.51. The van der Waals surface area contributed by atoms with Gasteiger partial charge in [-0.05, 0) is 147 Å². The highest BCUT2D eigenvalue weighted by atomic mass is 35.5. The molecule has 0 unspecified atom stereocenters. The van der Waals surface area contributed by atoms with Crippen LogP contribution in [0.5, 0.6) is 0 Å². The normalized spacial score (nSPS) is 22.0. The Balaban J connectivity index is 0.000000164. The number of hydrogen-bond donors (Lipinski definition) is 2. The fourth-order valence-electron chi connectivity index (χ4n) is 9.30. The summed E-state index contributed by atoms with van der Waals surface area (Å²) in [6.07, 6.45) is 24.4. The van der Waals surface area contributed by atoms with Gasteiger partial charge in [-0.15, -0.1) is 5.10 Å². The van der Waals surface area contributed by atoms with Crippen LogP contribution in [0, 0.1) is 49.4 Å². The molecule has 306 valence electrons. The van der Waals surface area contributed by atoms with Crippen molar-refractivity contribution in [3.05, 3.63) is 82.5 Å². The Kier molecular flexibility index (Phi) is 12.8. The van der Waals surface area contributed by atoms with Gasteiger partial charge in [-0.25, -0.2) is 24.9 Å². The van der Waals surface area contributed by atoms with E-state index in [1.54, 1.807) is 48.2 Å². The van der Waals surface area contributed by atoms with Gasteiger partial charge in [0, 0.05) is 38.4 Å². The Morgan fingerprint density at radius 1 is 0.707 bits per heavy atom. The standard InChI is InChI=1S/C21H26ClN9.C21H28ClN5/c1-14-8-18(31-13-27-28-29-31)12-24-20(14)23-5-2-16-9-19(16)15-3-6-30(7-4-15)21-25-10-17(22)11-26-21;1-14-9-18(23)13-24-20(14)4-2-3-16-10-19(16)15-5-7-27(8-6-15)21-25-11-17(22)12-26-21/h8,10-13,15-16,19H,2-7,9H2,1H3,(H,23,24);9,11-13,15-16,19H,2-8,10,23H2,1H3/t2*16-,19-/m11/s1. The van der Waals surface area contributed by atoms with E-state index >= 15 is 0 Å². The molecule has 2 aliphatic carbocycles. The minimum absolute atomic E-state index is 0.585. The Hall–Kier alpha value is -4.69. The van der Waals surface area contributed by atoms with E-state index in [2.05, 4.69) is 74.4 Å². The van der Waals surface area contributed by atoms with Gasteiger partial charge in [-0.1, -0.05) is 23.2 Å². The first-order valence-electron chi connectivity index (χ1n) is 20.9. The molecule has 58 heavy (non-hydrogen) atoms. The summed E-state index contributed by atoms with van der Waals surface area (Å²) in [6.45, 7) is 9.30. The van der Waals surface area contributed by atoms with E-state index in [0.717, 1.165) is 109 Å². The molecular weight excluding hydrogens is 771 g/mol. The van der Waals surface area contributed by atoms with Gasteiger partial charge in [0.25, 0.3) is 0 Å². The summed E-state index contributed by atoms with van der Waals surface area (Å²) in [5, 5.41) is 15.9. The number of halogens is 2. The molecule has 2 saturated carbocycles. The topological polar surface area (TPSA) is 165 Å². The van der Waals surface area contributed by atoms with Crippen LogP contribution < -0.4 is 20.9 Å². The van der Waals surface area contributed by atoms with Gasteiger partial charge in [0.1, 0.15) is 12.1 Å². The molecule has 0 aromatic carbocycles. The number of nitrogens with two attached hydrogens (primary N) is 1. The van der Waals surface area contributed by atoms with Gasteiger partial charge < -0.3 is 20.9 Å². The zero-order valence-electron chi connectivity index (χ0n) is 33.5. The number of piperidine rings is 2. The Labute approximate surface area is 350 Å². The maximum atomic E-state index is 5.90. The summed E-state index contributed by atoms with van der Waals surface area (Å²) >= 11 is 11.8. The summed E-state index contributed by atoms with van der Waals surface area (Å²) in [5.74, 6) is 7.79. The smallest absolute Gasteiger partial charge is 0.225 e. The van der Waals surface area contributed by atoms with Gasteiger partial charge >= 0.3 is 0 Å². The van der Waals surface area contributed by atoms with Crippen molar-refractivity contribution >= 4 is 46.6 Å². The van der Waals surface area contributed by atoms with Crippen LogP contribution in [0.25, 0.3) is 5.69 Å². The van der Waals surface area contributed by atoms with Crippen molar-refractivity contribution in [1.82, 2.24) is 50.1 Å². The van der Waals surface area contributed by atoms with E-state index < -0.39 is 0 Å². The number of hydrogen-bond acceptors (Lipinski definition) is 13. The molecule has 2 aliphatic heterocycles. The molecule has 0 amide bonds. The van der Waals surface area contributed by atoms with Gasteiger partial charge in [0.15, 0.2) is 0 Å². The highest BCUT2D eigenvalue weighted by molar-refractivity contribution is 6.30. The second kappa shape index (κ2) is 18.5. The van der Waals surface area contributed by atoms with E-state index in [1.165, 1.54) is 69.0 Å². The minimum atomic E-state index is 0.585. The van der Waals surface area contributed by atoms with E-state index in [9.17, 15) is 0 Å². The first kappa shape index (κ1) is 40.1.